The highest BCUT2D eigenvalue weighted by atomic mass is 16.7. The van der Waals surface area contributed by atoms with E-state index in [1.807, 2.05) is 78.9 Å². The van der Waals surface area contributed by atoms with Gasteiger partial charge in [0.05, 0.1) is 0 Å². The van der Waals surface area contributed by atoms with Crippen molar-refractivity contribution in [2.75, 3.05) is 6.79 Å². The van der Waals surface area contributed by atoms with Crippen molar-refractivity contribution in [2.45, 2.75) is 38.9 Å². The third-order valence-corrected chi connectivity index (χ3v) is 5.74. The third kappa shape index (κ3) is 5.92. The second-order valence-corrected chi connectivity index (χ2v) is 8.07. The number of rotatable bonds is 9. The van der Waals surface area contributed by atoms with E-state index >= 15 is 0 Å². The van der Waals surface area contributed by atoms with Crippen LogP contribution in [0.5, 0.6) is 11.5 Å². The van der Waals surface area contributed by atoms with Gasteiger partial charge < -0.3 is 19.7 Å². The lowest BCUT2D eigenvalue weighted by Gasteiger charge is -2.29. The van der Waals surface area contributed by atoms with Crippen LogP contribution in [-0.2, 0) is 29.1 Å². The molecule has 33 heavy (non-hydrogen) atoms. The Labute approximate surface area is 194 Å². The van der Waals surface area contributed by atoms with Gasteiger partial charge in [-0.05, 0) is 42.2 Å². The van der Waals surface area contributed by atoms with Crippen LogP contribution in [0.3, 0.4) is 0 Å². The lowest BCUT2D eigenvalue weighted by atomic mass is 10.1. The van der Waals surface area contributed by atoms with Gasteiger partial charge in [-0.15, -0.1) is 0 Å². The fourth-order valence-corrected chi connectivity index (χ4v) is 3.79. The Morgan fingerprint density at radius 2 is 1.55 bits per heavy atom. The molecule has 0 saturated carbocycles. The standard InChI is InChI=1S/C27H28N2O4/c1-20(27(31)28-17-23-12-14-24-25(16-23)33-19-32-24)29(18-22-10-6-3-7-11-22)26(30)15-13-21-8-4-2-5-9-21/h2-12,14,16,20H,13,15,17-19H2,1H3,(H,28,31)/t20-/m0/s1. The largest absolute Gasteiger partial charge is 0.454 e. The van der Waals surface area contributed by atoms with Gasteiger partial charge in [-0.3, -0.25) is 9.59 Å². The fourth-order valence-electron chi connectivity index (χ4n) is 3.79. The molecule has 0 unspecified atom stereocenters. The summed E-state index contributed by atoms with van der Waals surface area (Å²) >= 11 is 0. The topological polar surface area (TPSA) is 67.9 Å². The first-order chi connectivity index (χ1) is 16.1. The van der Waals surface area contributed by atoms with E-state index in [-0.39, 0.29) is 18.6 Å². The molecule has 170 valence electrons. The van der Waals surface area contributed by atoms with Crippen molar-refractivity contribution in [1.82, 2.24) is 10.2 Å². The van der Waals surface area contributed by atoms with Gasteiger partial charge in [-0.25, -0.2) is 0 Å². The van der Waals surface area contributed by atoms with E-state index in [0.29, 0.717) is 37.4 Å². The molecule has 0 radical (unpaired) electrons. The van der Waals surface area contributed by atoms with Crippen LogP contribution in [-0.4, -0.2) is 29.5 Å². The second kappa shape index (κ2) is 10.7. The molecule has 3 aromatic rings. The predicted molar refractivity (Wildman–Crippen MR) is 126 cm³/mol. The average Bonchev–Trinajstić information content (AvgIpc) is 3.33. The minimum Gasteiger partial charge on any atom is -0.454 e. The third-order valence-electron chi connectivity index (χ3n) is 5.74. The van der Waals surface area contributed by atoms with Crippen LogP contribution < -0.4 is 14.8 Å². The number of hydrogen-bond donors (Lipinski definition) is 1. The number of fused-ring (bicyclic) bond motifs is 1. The van der Waals surface area contributed by atoms with Crippen molar-refractivity contribution in [3.05, 3.63) is 95.6 Å². The molecule has 1 aliphatic rings. The summed E-state index contributed by atoms with van der Waals surface area (Å²) in [4.78, 5) is 27.8. The van der Waals surface area contributed by atoms with Gasteiger partial charge in [0.1, 0.15) is 6.04 Å². The molecule has 0 bridgehead atoms. The molecule has 3 aromatic carbocycles. The minimum absolute atomic E-state index is 0.0477. The summed E-state index contributed by atoms with van der Waals surface area (Å²) in [5.41, 5.74) is 3.00. The SMILES string of the molecule is C[C@@H](C(=O)NCc1ccc2c(c1)OCO2)N(Cc1ccccc1)C(=O)CCc1ccccc1. The van der Waals surface area contributed by atoms with Crippen LogP contribution in [0, 0.1) is 0 Å². The van der Waals surface area contributed by atoms with Crippen LogP contribution in [0.2, 0.25) is 0 Å². The Bertz CT molecular complexity index is 1090. The van der Waals surface area contributed by atoms with Crippen molar-refractivity contribution in [3.63, 3.8) is 0 Å². The molecule has 0 spiro atoms. The van der Waals surface area contributed by atoms with Crippen LogP contribution in [0.1, 0.15) is 30.0 Å². The Morgan fingerprint density at radius 3 is 2.27 bits per heavy atom. The average molecular weight is 445 g/mol. The first-order valence-corrected chi connectivity index (χ1v) is 11.1. The van der Waals surface area contributed by atoms with E-state index in [1.165, 1.54) is 0 Å². The van der Waals surface area contributed by atoms with E-state index in [4.69, 9.17) is 9.47 Å². The van der Waals surface area contributed by atoms with Gasteiger partial charge in [0.2, 0.25) is 18.6 Å². The van der Waals surface area contributed by atoms with Crippen LogP contribution in [0.15, 0.2) is 78.9 Å². The van der Waals surface area contributed by atoms with Crippen molar-refractivity contribution in [3.8, 4) is 11.5 Å². The fraction of sp³-hybridized carbons (Fsp3) is 0.259. The summed E-state index contributed by atoms with van der Waals surface area (Å²) in [7, 11) is 0. The maximum atomic E-state index is 13.2. The van der Waals surface area contributed by atoms with Gasteiger partial charge in [0, 0.05) is 19.5 Å². The maximum Gasteiger partial charge on any atom is 0.242 e. The molecule has 2 amide bonds. The summed E-state index contributed by atoms with van der Waals surface area (Å²) in [6.07, 6.45) is 0.979. The molecule has 6 nitrogen and oxygen atoms in total. The minimum atomic E-state index is -0.609. The highest BCUT2D eigenvalue weighted by Gasteiger charge is 2.26. The molecular weight excluding hydrogens is 416 g/mol. The van der Waals surface area contributed by atoms with Crippen LogP contribution in [0.4, 0.5) is 0 Å². The Morgan fingerprint density at radius 1 is 0.879 bits per heavy atom. The maximum absolute atomic E-state index is 13.2. The summed E-state index contributed by atoms with van der Waals surface area (Å²) in [5.74, 6) is 1.14. The van der Waals surface area contributed by atoms with Gasteiger partial charge in [0.15, 0.2) is 11.5 Å². The summed E-state index contributed by atoms with van der Waals surface area (Å²) < 4.78 is 10.7. The summed E-state index contributed by atoms with van der Waals surface area (Å²) in [6.45, 7) is 2.71. The summed E-state index contributed by atoms with van der Waals surface area (Å²) in [6, 6.07) is 24.6. The molecule has 1 N–H and O–H groups in total. The lowest BCUT2D eigenvalue weighted by Crippen LogP contribution is -2.47. The number of nitrogens with one attached hydrogen (secondary N) is 1. The highest BCUT2D eigenvalue weighted by molar-refractivity contribution is 5.87. The number of benzene rings is 3. The van der Waals surface area contributed by atoms with Gasteiger partial charge in [-0.2, -0.15) is 0 Å². The number of nitrogens with zero attached hydrogens (tertiary/aromatic N) is 1. The summed E-state index contributed by atoms with van der Waals surface area (Å²) in [5, 5.41) is 2.96. The smallest absolute Gasteiger partial charge is 0.242 e. The number of hydrogen-bond acceptors (Lipinski definition) is 4. The van der Waals surface area contributed by atoms with Gasteiger partial charge in [0.25, 0.3) is 0 Å². The van der Waals surface area contributed by atoms with E-state index in [9.17, 15) is 9.59 Å². The first kappa shape index (κ1) is 22.4. The van der Waals surface area contributed by atoms with E-state index in [1.54, 1.807) is 11.8 Å². The lowest BCUT2D eigenvalue weighted by molar-refractivity contribution is -0.140. The zero-order chi connectivity index (χ0) is 23.0. The van der Waals surface area contributed by atoms with Gasteiger partial charge >= 0.3 is 0 Å². The monoisotopic (exact) mass is 444 g/mol. The molecule has 0 fully saturated rings. The zero-order valence-corrected chi connectivity index (χ0v) is 18.7. The normalized spacial score (nSPS) is 12.8. The highest BCUT2D eigenvalue weighted by Crippen LogP contribution is 2.32. The van der Waals surface area contributed by atoms with Crippen molar-refractivity contribution >= 4 is 11.8 Å². The Kier molecular flexibility index (Phi) is 7.25. The van der Waals surface area contributed by atoms with E-state index < -0.39 is 6.04 Å². The molecule has 4 rings (SSSR count). The van der Waals surface area contributed by atoms with Crippen molar-refractivity contribution in [1.29, 1.82) is 0 Å². The zero-order valence-electron chi connectivity index (χ0n) is 18.7. The number of carbonyl (C=O) groups excluding carboxylic acids is 2. The van der Waals surface area contributed by atoms with Crippen LogP contribution in [0.25, 0.3) is 0 Å². The molecule has 6 heteroatoms. The number of aryl methyl sites for hydroxylation is 1. The van der Waals surface area contributed by atoms with E-state index in [0.717, 1.165) is 16.7 Å². The van der Waals surface area contributed by atoms with Crippen molar-refractivity contribution in [2.24, 2.45) is 0 Å². The first-order valence-electron chi connectivity index (χ1n) is 11.1. The number of amides is 2. The quantitative estimate of drug-likeness (QED) is 0.540. The molecule has 0 aromatic heterocycles. The molecule has 0 aliphatic carbocycles. The van der Waals surface area contributed by atoms with Gasteiger partial charge in [-0.1, -0.05) is 66.7 Å². The number of ether oxygens (including phenoxy) is 2. The van der Waals surface area contributed by atoms with E-state index in [2.05, 4.69) is 5.32 Å². The Hall–Kier alpha value is -3.80. The van der Waals surface area contributed by atoms with Crippen molar-refractivity contribution < 1.29 is 19.1 Å². The molecule has 1 aliphatic heterocycles. The predicted octanol–water partition coefficient (Wildman–Crippen LogP) is 4.08. The molecule has 0 saturated heterocycles. The molecule has 1 atom stereocenters. The molecular formula is C27H28N2O4. The van der Waals surface area contributed by atoms with Crippen LogP contribution >= 0.6 is 0 Å². The Balaban J connectivity index is 1.41. The number of carbonyl (C=O) groups is 2. The second-order valence-electron chi connectivity index (χ2n) is 8.07. The molecule has 1 heterocycles.